The van der Waals surface area contributed by atoms with Crippen molar-refractivity contribution in [3.63, 3.8) is 0 Å². The molecule has 0 saturated carbocycles. The number of halogens is 3. The average Bonchev–Trinajstić information content (AvgIpc) is 2.39. The van der Waals surface area contributed by atoms with Gasteiger partial charge in [0, 0.05) is 13.1 Å². The third kappa shape index (κ3) is 8.39. The van der Waals surface area contributed by atoms with Crippen LogP contribution in [0.5, 0.6) is 5.75 Å². The SMILES string of the molecule is CCCCNC(=S)NCCc1ccc(OC(F)(F)F)cc1. The highest BCUT2D eigenvalue weighted by atomic mass is 32.1. The minimum Gasteiger partial charge on any atom is -0.406 e. The summed E-state index contributed by atoms with van der Waals surface area (Å²) in [5.41, 5.74) is 0.911. The molecule has 0 bridgehead atoms. The molecule has 0 aliphatic heterocycles. The molecule has 0 unspecified atom stereocenters. The standard InChI is InChI=1S/C14H19F3N2OS/c1-2-3-9-18-13(21)19-10-8-11-4-6-12(7-5-11)20-14(15,16)17/h4-7H,2-3,8-10H2,1H3,(H2,18,19,21). The van der Waals surface area contributed by atoms with E-state index in [0.29, 0.717) is 18.1 Å². The topological polar surface area (TPSA) is 33.3 Å². The van der Waals surface area contributed by atoms with Gasteiger partial charge >= 0.3 is 6.36 Å². The van der Waals surface area contributed by atoms with Crippen LogP contribution >= 0.6 is 12.2 Å². The summed E-state index contributed by atoms with van der Waals surface area (Å²) in [4.78, 5) is 0. The lowest BCUT2D eigenvalue weighted by molar-refractivity contribution is -0.274. The predicted molar refractivity (Wildman–Crippen MR) is 80.3 cm³/mol. The molecule has 21 heavy (non-hydrogen) atoms. The van der Waals surface area contributed by atoms with Crippen LogP contribution in [-0.2, 0) is 6.42 Å². The zero-order valence-corrected chi connectivity index (χ0v) is 12.6. The van der Waals surface area contributed by atoms with Crippen LogP contribution in [0.4, 0.5) is 13.2 Å². The molecule has 0 aliphatic rings. The molecule has 0 spiro atoms. The molecule has 0 atom stereocenters. The van der Waals surface area contributed by atoms with Crippen LogP contribution in [-0.4, -0.2) is 24.6 Å². The molecule has 0 amide bonds. The zero-order chi connectivity index (χ0) is 15.7. The van der Waals surface area contributed by atoms with Crippen molar-refractivity contribution in [2.24, 2.45) is 0 Å². The first kappa shape index (κ1) is 17.6. The van der Waals surface area contributed by atoms with Crippen molar-refractivity contribution in [2.75, 3.05) is 13.1 Å². The maximum absolute atomic E-state index is 12.0. The Labute approximate surface area is 127 Å². The normalized spacial score (nSPS) is 11.0. The summed E-state index contributed by atoms with van der Waals surface area (Å²) in [6.07, 6.45) is -1.83. The number of hydrogen-bond donors (Lipinski definition) is 2. The lowest BCUT2D eigenvalue weighted by Crippen LogP contribution is -2.36. The first-order valence-electron chi connectivity index (χ1n) is 6.77. The van der Waals surface area contributed by atoms with Crippen molar-refractivity contribution in [1.29, 1.82) is 0 Å². The number of rotatable bonds is 7. The van der Waals surface area contributed by atoms with Gasteiger partial charge in [-0.05, 0) is 42.8 Å². The summed E-state index contributed by atoms with van der Waals surface area (Å²) < 4.78 is 39.8. The van der Waals surface area contributed by atoms with Gasteiger partial charge in [-0.3, -0.25) is 0 Å². The summed E-state index contributed by atoms with van der Waals surface area (Å²) in [6, 6.07) is 5.83. The second-order valence-electron chi connectivity index (χ2n) is 4.48. The Hall–Kier alpha value is -1.50. The van der Waals surface area contributed by atoms with E-state index < -0.39 is 6.36 Å². The molecule has 0 aromatic heterocycles. The first-order valence-corrected chi connectivity index (χ1v) is 7.18. The van der Waals surface area contributed by atoms with E-state index in [9.17, 15) is 13.2 Å². The number of hydrogen-bond acceptors (Lipinski definition) is 2. The Balaban J connectivity index is 2.28. The number of nitrogens with one attached hydrogen (secondary N) is 2. The minimum absolute atomic E-state index is 0.212. The van der Waals surface area contributed by atoms with E-state index in [0.717, 1.165) is 24.9 Å². The van der Waals surface area contributed by atoms with Crippen LogP contribution in [0.3, 0.4) is 0 Å². The molecule has 1 aromatic carbocycles. The van der Waals surface area contributed by atoms with Gasteiger partial charge < -0.3 is 15.4 Å². The largest absolute Gasteiger partial charge is 0.573 e. The fraction of sp³-hybridized carbons (Fsp3) is 0.500. The highest BCUT2D eigenvalue weighted by Gasteiger charge is 2.30. The number of ether oxygens (including phenoxy) is 1. The molecule has 1 aromatic rings. The molecule has 2 N–H and O–H groups in total. The maximum Gasteiger partial charge on any atom is 0.573 e. The first-order chi connectivity index (χ1) is 9.90. The van der Waals surface area contributed by atoms with Crippen LogP contribution in [0.15, 0.2) is 24.3 Å². The van der Waals surface area contributed by atoms with E-state index in [1.54, 1.807) is 12.1 Å². The summed E-state index contributed by atoms with van der Waals surface area (Å²) in [6.45, 7) is 3.56. The Morgan fingerprint density at radius 1 is 1.14 bits per heavy atom. The third-order valence-corrected chi connectivity index (χ3v) is 2.96. The zero-order valence-electron chi connectivity index (χ0n) is 11.8. The number of benzene rings is 1. The van der Waals surface area contributed by atoms with Gasteiger partial charge in [-0.1, -0.05) is 25.5 Å². The van der Waals surface area contributed by atoms with Crippen molar-refractivity contribution in [2.45, 2.75) is 32.5 Å². The molecule has 0 fully saturated rings. The number of unbranched alkanes of at least 4 members (excludes halogenated alkanes) is 1. The fourth-order valence-electron chi connectivity index (χ4n) is 1.62. The molecule has 0 heterocycles. The molecule has 1 rings (SSSR count). The highest BCUT2D eigenvalue weighted by molar-refractivity contribution is 7.80. The van der Waals surface area contributed by atoms with E-state index in [1.807, 2.05) is 0 Å². The van der Waals surface area contributed by atoms with Gasteiger partial charge in [-0.25, -0.2) is 0 Å². The molecule has 0 radical (unpaired) electrons. The van der Waals surface area contributed by atoms with Gasteiger partial charge in [-0.15, -0.1) is 13.2 Å². The molecular formula is C14H19F3N2OS. The quantitative estimate of drug-likeness (QED) is 0.596. The Morgan fingerprint density at radius 3 is 2.33 bits per heavy atom. The van der Waals surface area contributed by atoms with Crippen LogP contribution in [0, 0.1) is 0 Å². The van der Waals surface area contributed by atoms with Gasteiger partial charge in [0.05, 0.1) is 0 Å². The Bertz CT molecular complexity index is 435. The van der Waals surface area contributed by atoms with Gasteiger partial charge in [-0.2, -0.15) is 0 Å². The van der Waals surface area contributed by atoms with Gasteiger partial charge in [0.25, 0.3) is 0 Å². The van der Waals surface area contributed by atoms with Gasteiger partial charge in [0.1, 0.15) is 5.75 Å². The number of thiocarbonyl (C=S) groups is 1. The van der Waals surface area contributed by atoms with Crippen LogP contribution < -0.4 is 15.4 Å². The summed E-state index contributed by atoms with van der Waals surface area (Å²) in [5, 5.41) is 6.73. The van der Waals surface area contributed by atoms with Crippen molar-refractivity contribution >= 4 is 17.3 Å². The molecule has 3 nitrogen and oxygen atoms in total. The summed E-state index contributed by atoms with van der Waals surface area (Å²) >= 11 is 5.10. The second-order valence-corrected chi connectivity index (χ2v) is 4.89. The van der Waals surface area contributed by atoms with Crippen molar-refractivity contribution in [3.05, 3.63) is 29.8 Å². The van der Waals surface area contributed by atoms with Crippen molar-refractivity contribution in [1.82, 2.24) is 10.6 Å². The molecule has 7 heteroatoms. The molecule has 0 aliphatic carbocycles. The predicted octanol–water partition coefficient (Wildman–Crippen LogP) is 3.39. The van der Waals surface area contributed by atoms with E-state index in [2.05, 4.69) is 22.3 Å². The van der Waals surface area contributed by atoms with E-state index in [4.69, 9.17) is 12.2 Å². The van der Waals surface area contributed by atoms with Gasteiger partial charge in [0.15, 0.2) is 5.11 Å². The summed E-state index contributed by atoms with van der Waals surface area (Å²) in [7, 11) is 0. The van der Waals surface area contributed by atoms with Crippen LogP contribution in [0.25, 0.3) is 0 Å². The highest BCUT2D eigenvalue weighted by Crippen LogP contribution is 2.22. The van der Waals surface area contributed by atoms with E-state index in [-0.39, 0.29) is 5.75 Å². The summed E-state index contributed by atoms with van der Waals surface area (Å²) in [5.74, 6) is -0.212. The van der Waals surface area contributed by atoms with Crippen LogP contribution in [0.1, 0.15) is 25.3 Å². The van der Waals surface area contributed by atoms with Crippen LogP contribution in [0.2, 0.25) is 0 Å². The van der Waals surface area contributed by atoms with Crippen molar-refractivity contribution < 1.29 is 17.9 Å². The fourth-order valence-corrected chi connectivity index (χ4v) is 1.82. The maximum atomic E-state index is 12.0. The lowest BCUT2D eigenvalue weighted by atomic mass is 10.1. The smallest absolute Gasteiger partial charge is 0.406 e. The Kier molecular flexibility index (Phi) is 7.28. The third-order valence-electron chi connectivity index (χ3n) is 2.67. The lowest BCUT2D eigenvalue weighted by Gasteiger charge is -2.11. The number of alkyl halides is 3. The van der Waals surface area contributed by atoms with Gasteiger partial charge in [0.2, 0.25) is 0 Å². The molecule has 0 saturated heterocycles. The average molecular weight is 320 g/mol. The Morgan fingerprint density at radius 2 is 1.76 bits per heavy atom. The molecule has 118 valence electrons. The van der Waals surface area contributed by atoms with Crippen molar-refractivity contribution in [3.8, 4) is 5.75 Å². The molecular weight excluding hydrogens is 301 g/mol. The minimum atomic E-state index is -4.65. The second kappa shape index (κ2) is 8.71. The van der Waals surface area contributed by atoms with E-state index >= 15 is 0 Å². The monoisotopic (exact) mass is 320 g/mol. The van der Waals surface area contributed by atoms with E-state index in [1.165, 1.54) is 12.1 Å².